The second-order valence-electron chi connectivity index (χ2n) is 4.39. The summed E-state index contributed by atoms with van der Waals surface area (Å²) in [5.74, 6) is 0. The molecule has 106 valence electrons. The van der Waals surface area contributed by atoms with Crippen LogP contribution in [0.3, 0.4) is 0 Å². The van der Waals surface area contributed by atoms with Crippen molar-refractivity contribution in [2.75, 3.05) is 0 Å². The fourth-order valence-corrected chi connectivity index (χ4v) is 11.9. The Kier molecular flexibility index (Phi) is 5.25. The maximum atomic E-state index is 6.81. The van der Waals surface area contributed by atoms with Gasteiger partial charge in [-0.15, -0.1) is 69.6 Å². The Labute approximate surface area is 147 Å². The van der Waals surface area contributed by atoms with E-state index in [0.717, 1.165) is 5.19 Å². The predicted molar refractivity (Wildman–Crippen MR) is 90.7 cm³/mol. The van der Waals surface area contributed by atoms with Crippen molar-refractivity contribution in [3.05, 3.63) is 30.3 Å². The van der Waals surface area contributed by atoms with Crippen molar-refractivity contribution in [1.29, 1.82) is 0 Å². The molecule has 0 N–H and O–H groups in total. The number of hydrogen-bond donors (Lipinski definition) is 0. The van der Waals surface area contributed by atoms with Gasteiger partial charge in [0.05, 0.1) is 21.1 Å². The van der Waals surface area contributed by atoms with Crippen molar-refractivity contribution >= 4 is 93.3 Å². The Morgan fingerprint density at radius 1 is 0.895 bits per heavy atom. The number of rotatable bonds is 1. The summed E-state index contributed by atoms with van der Waals surface area (Å²) in [6.45, 7) is 0. The third kappa shape index (κ3) is 2.53. The van der Waals surface area contributed by atoms with Crippen LogP contribution >= 0.6 is 80.7 Å². The average molecular weight is 417 g/mol. The number of benzene rings is 1. The van der Waals surface area contributed by atoms with Gasteiger partial charge in [-0.1, -0.05) is 30.3 Å². The lowest BCUT2D eigenvalue weighted by atomic mass is 10.2. The first-order chi connectivity index (χ1) is 8.74. The van der Waals surface area contributed by atoms with Crippen LogP contribution in [0.1, 0.15) is 0 Å². The van der Waals surface area contributed by atoms with Gasteiger partial charge >= 0.3 is 0 Å². The minimum absolute atomic E-state index is 0.596. The second kappa shape index (κ2) is 5.93. The highest BCUT2D eigenvalue weighted by Gasteiger charge is 2.68. The van der Waals surface area contributed by atoms with Gasteiger partial charge in [-0.25, -0.2) is 0 Å². The highest BCUT2D eigenvalue weighted by Crippen LogP contribution is 2.52. The van der Waals surface area contributed by atoms with Crippen molar-refractivity contribution < 1.29 is 0 Å². The molecule has 1 saturated heterocycles. The lowest BCUT2D eigenvalue weighted by molar-refractivity contribution is 0.689. The van der Waals surface area contributed by atoms with Gasteiger partial charge in [-0.05, 0) is 5.19 Å². The van der Waals surface area contributed by atoms with E-state index in [-0.39, 0.29) is 0 Å². The molecule has 0 spiro atoms. The molecule has 0 bridgehead atoms. The SMILES string of the molecule is ClC1C(Cl)C(Cl)[Si](Cl)(c2ccccc2)C(Cl)(Cl)C1Cl. The Hall–Kier alpha value is 1.47. The molecule has 0 aliphatic carbocycles. The number of halogens is 7. The molecule has 0 nitrogen and oxygen atoms in total. The Morgan fingerprint density at radius 3 is 1.95 bits per heavy atom. The zero-order valence-corrected chi connectivity index (χ0v) is 15.6. The van der Waals surface area contributed by atoms with Gasteiger partial charge < -0.3 is 0 Å². The van der Waals surface area contributed by atoms with E-state index >= 15 is 0 Å². The number of alkyl halides is 6. The van der Waals surface area contributed by atoms with Crippen LogP contribution in [0.2, 0.25) is 0 Å². The lowest BCUT2D eigenvalue weighted by Gasteiger charge is -2.49. The van der Waals surface area contributed by atoms with E-state index in [1.807, 2.05) is 30.3 Å². The molecule has 8 heteroatoms. The first-order valence-corrected chi connectivity index (χ1v) is 11.0. The molecule has 0 radical (unpaired) electrons. The summed E-state index contributed by atoms with van der Waals surface area (Å²) in [5.41, 5.74) is 0. The largest absolute Gasteiger partial charge is 0.245 e. The normalized spacial score (nSPS) is 42.1. The topological polar surface area (TPSA) is 0 Å². The summed E-state index contributed by atoms with van der Waals surface area (Å²) in [5, 5.41) is -1.86. The molecular weight excluding hydrogens is 408 g/mol. The summed E-state index contributed by atoms with van der Waals surface area (Å²) in [7, 11) is -3.09. The highest BCUT2D eigenvalue weighted by atomic mass is 35.6. The smallest absolute Gasteiger partial charge is 0.156 e. The molecule has 2 rings (SSSR count). The molecule has 0 saturated carbocycles. The molecular formula is C11H9Cl7Si. The molecule has 1 aliphatic heterocycles. The van der Waals surface area contributed by atoms with E-state index in [9.17, 15) is 0 Å². The molecule has 1 heterocycles. The van der Waals surface area contributed by atoms with Crippen LogP contribution in [0.25, 0.3) is 0 Å². The monoisotopic (exact) mass is 414 g/mol. The van der Waals surface area contributed by atoms with Crippen molar-refractivity contribution in [2.45, 2.75) is 25.1 Å². The Bertz CT molecular complexity index is 454. The lowest BCUT2D eigenvalue weighted by Crippen LogP contribution is -2.74. The van der Waals surface area contributed by atoms with Crippen LogP contribution in [0.15, 0.2) is 30.3 Å². The van der Waals surface area contributed by atoms with Gasteiger partial charge in [0, 0.05) is 0 Å². The van der Waals surface area contributed by atoms with Crippen LogP contribution in [-0.2, 0) is 0 Å². The van der Waals surface area contributed by atoms with E-state index in [1.165, 1.54) is 0 Å². The molecule has 1 aromatic rings. The van der Waals surface area contributed by atoms with Crippen LogP contribution in [0, 0.1) is 0 Å². The van der Waals surface area contributed by atoms with Crippen LogP contribution in [-0.4, -0.2) is 32.5 Å². The molecule has 19 heavy (non-hydrogen) atoms. The van der Waals surface area contributed by atoms with Crippen LogP contribution in [0.4, 0.5) is 0 Å². The standard InChI is InChI=1S/C11H9Cl7Si/c12-7-8(13)10(15)19(18,11(16,17)9(7)14)6-4-2-1-3-5-6/h1-5,7-10H. The third-order valence-corrected chi connectivity index (χ3v) is 16.2. The van der Waals surface area contributed by atoms with E-state index in [1.54, 1.807) is 0 Å². The quantitative estimate of drug-likeness (QED) is 0.351. The van der Waals surface area contributed by atoms with Gasteiger partial charge in [-0.2, -0.15) is 11.1 Å². The van der Waals surface area contributed by atoms with Gasteiger partial charge in [0.15, 0.2) is 0 Å². The first kappa shape index (κ1) is 16.8. The first-order valence-electron chi connectivity index (χ1n) is 5.43. The molecule has 5 unspecified atom stereocenters. The Balaban J connectivity index is 2.58. The van der Waals surface area contributed by atoms with Crippen LogP contribution < -0.4 is 5.19 Å². The van der Waals surface area contributed by atoms with Gasteiger partial charge in [0.1, 0.15) is 3.96 Å². The minimum atomic E-state index is -3.09. The third-order valence-electron chi connectivity index (χ3n) is 3.27. The minimum Gasteiger partial charge on any atom is -0.156 e. The van der Waals surface area contributed by atoms with Gasteiger partial charge in [-0.3, -0.25) is 0 Å². The summed E-state index contributed by atoms with van der Waals surface area (Å²) < 4.78 is -1.41. The molecule has 0 amide bonds. The van der Waals surface area contributed by atoms with Crippen molar-refractivity contribution in [2.24, 2.45) is 0 Å². The molecule has 1 fully saturated rings. The van der Waals surface area contributed by atoms with Crippen molar-refractivity contribution in [1.82, 2.24) is 0 Å². The zero-order valence-electron chi connectivity index (χ0n) is 9.34. The maximum Gasteiger partial charge on any atom is 0.245 e. The van der Waals surface area contributed by atoms with Gasteiger partial charge in [0.25, 0.3) is 0 Å². The highest BCUT2D eigenvalue weighted by molar-refractivity contribution is 7.36. The Morgan fingerprint density at radius 2 is 1.42 bits per heavy atom. The average Bonchev–Trinajstić information content (AvgIpc) is 2.42. The van der Waals surface area contributed by atoms with Gasteiger partial charge in [0.2, 0.25) is 7.38 Å². The van der Waals surface area contributed by atoms with Crippen LogP contribution in [0.5, 0.6) is 0 Å². The number of hydrogen-bond acceptors (Lipinski definition) is 0. The molecule has 1 aliphatic rings. The molecule has 0 aromatic heterocycles. The summed E-state index contributed by atoms with van der Waals surface area (Å²) in [4.78, 5) is 0. The van der Waals surface area contributed by atoms with Crippen molar-refractivity contribution in [3.8, 4) is 0 Å². The summed E-state index contributed by atoms with van der Waals surface area (Å²) in [6.07, 6.45) is 0. The fraction of sp³-hybridized carbons (Fsp3) is 0.455. The van der Waals surface area contributed by atoms with E-state index in [2.05, 4.69) is 0 Å². The van der Waals surface area contributed by atoms with Crippen molar-refractivity contribution in [3.63, 3.8) is 0 Å². The maximum absolute atomic E-state index is 6.81. The molecule has 1 aromatic carbocycles. The predicted octanol–water partition coefficient (Wildman–Crippen LogP) is 4.77. The molecule has 5 atom stereocenters. The zero-order chi connectivity index (χ0) is 14.4. The summed E-state index contributed by atoms with van der Waals surface area (Å²) in [6, 6.07) is 9.25. The second-order valence-corrected chi connectivity index (χ2v) is 13.9. The van der Waals surface area contributed by atoms with E-state index < -0.39 is 32.5 Å². The van der Waals surface area contributed by atoms with E-state index in [0.29, 0.717) is 0 Å². The fourth-order valence-electron chi connectivity index (χ4n) is 2.16. The summed E-state index contributed by atoms with van der Waals surface area (Å²) >= 11 is 44.8. The van der Waals surface area contributed by atoms with E-state index in [4.69, 9.17) is 80.7 Å².